The van der Waals surface area contributed by atoms with Crippen molar-refractivity contribution in [3.8, 4) is 5.75 Å². The van der Waals surface area contributed by atoms with Gasteiger partial charge in [0.25, 0.3) is 5.91 Å². The molecule has 1 aromatic rings. The van der Waals surface area contributed by atoms with Crippen molar-refractivity contribution in [2.24, 2.45) is 5.92 Å². The SMILES string of the molecule is CCCCOc1ccc(NC(=O)[C@]2(OCCC)CCC[C@@H](C)C2)cc1. The van der Waals surface area contributed by atoms with Gasteiger partial charge in [0.2, 0.25) is 0 Å². The summed E-state index contributed by atoms with van der Waals surface area (Å²) in [6.07, 6.45) is 6.92. The van der Waals surface area contributed by atoms with Crippen molar-refractivity contribution in [2.75, 3.05) is 18.5 Å². The highest BCUT2D eigenvalue weighted by Gasteiger charge is 2.42. The van der Waals surface area contributed by atoms with Gasteiger partial charge in [0, 0.05) is 12.3 Å². The summed E-state index contributed by atoms with van der Waals surface area (Å²) in [6, 6.07) is 7.63. The number of ether oxygens (including phenoxy) is 2. The fourth-order valence-corrected chi connectivity index (χ4v) is 3.42. The van der Waals surface area contributed by atoms with Crippen LogP contribution in [0.15, 0.2) is 24.3 Å². The van der Waals surface area contributed by atoms with Gasteiger partial charge in [-0.3, -0.25) is 4.79 Å². The molecule has 0 radical (unpaired) electrons. The predicted octanol–water partition coefficient (Wildman–Crippen LogP) is 5.18. The van der Waals surface area contributed by atoms with Crippen LogP contribution >= 0.6 is 0 Å². The van der Waals surface area contributed by atoms with E-state index in [0.29, 0.717) is 12.5 Å². The average Bonchev–Trinajstić information content (AvgIpc) is 2.61. The number of hydrogen-bond donors (Lipinski definition) is 1. The molecule has 1 amide bonds. The zero-order chi connectivity index (χ0) is 18.1. The van der Waals surface area contributed by atoms with Crippen LogP contribution in [-0.4, -0.2) is 24.7 Å². The Hall–Kier alpha value is -1.55. The van der Waals surface area contributed by atoms with Gasteiger partial charge in [0.15, 0.2) is 0 Å². The zero-order valence-electron chi connectivity index (χ0n) is 16.0. The number of carbonyl (C=O) groups excluding carboxylic acids is 1. The van der Waals surface area contributed by atoms with Crippen LogP contribution in [0.3, 0.4) is 0 Å². The van der Waals surface area contributed by atoms with Crippen molar-refractivity contribution >= 4 is 11.6 Å². The first kappa shape index (κ1) is 19.8. The molecule has 0 aliphatic heterocycles. The van der Waals surface area contributed by atoms with Crippen LogP contribution in [0.5, 0.6) is 5.75 Å². The summed E-state index contributed by atoms with van der Waals surface area (Å²) < 4.78 is 11.7. The topological polar surface area (TPSA) is 47.6 Å². The van der Waals surface area contributed by atoms with Crippen molar-refractivity contribution in [1.82, 2.24) is 0 Å². The molecule has 1 aliphatic carbocycles. The third-order valence-corrected chi connectivity index (χ3v) is 4.83. The van der Waals surface area contributed by atoms with Gasteiger partial charge in [0.05, 0.1) is 6.61 Å². The minimum atomic E-state index is -0.677. The lowest BCUT2D eigenvalue weighted by atomic mass is 9.78. The number of benzene rings is 1. The zero-order valence-corrected chi connectivity index (χ0v) is 16.0. The van der Waals surface area contributed by atoms with Gasteiger partial charge in [0.1, 0.15) is 11.4 Å². The molecular formula is C21H33NO3. The summed E-state index contributed by atoms with van der Waals surface area (Å²) in [5.74, 6) is 1.35. The maximum absolute atomic E-state index is 13.0. The lowest BCUT2D eigenvalue weighted by molar-refractivity contribution is -0.148. The molecule has 1 aromatic carbocycles. The minimum absolute atomic E-state index is 0.00727. The molecule has 2 rings (SSSR count). The molecule has 1 fully saturated rings. The van der Waals surface area contributed by atoms with Gasteiger partial charge >= 0.3 is 0 Å². The molecule has 1 saturated carbocycles. The Labute approximate surface area is 152 Å². The average molecular weight is 347 g/mol. The van der Waals surface area contributed by atoms with E-state index in [0.717, 1.165) is 56.6 Å². The third kappa shape index (κ3) is 5.74. The van der Waals surface area contributed by atoms with E-state index in [2.05, 4.69) is 26.1 Å². The second-order valence-electron chi connectivity index (χ2n) is 7.22. The van der Waals surface area contributed by atoms with E-state index in [4.69, 9.17) is 9.47 Å². The van der Waals surface area contributed by atoms with E-state index in [1.54, 1.807) is 0 Å². The highest BCUT2D eigenvalue weighted by Crippen LogP contribution is 2.36. The first-order valence-electron chi connectivity index (χ1n) is 9.78. The van der Waals surface area contributed by atoms with Gasteiger partial charge in [-0.2, -0.15) is 0 Å². The molecule has 0 heterocycles. The van der Waals surface area contributed by atoms with Crippen LogP contribution in [0.25, 0.3) is 0 Å². The van der Waals surface area contributed by atoms with E-state index >= 15 is 0 Å². The third-order valence-electron chi connectivity index (χ3n) is 4.83. The van der Waals surface area contributed by atoms with Crippen molar-refractivity contribution in [1.29, 1.82) is 0 Å². The van der Waals surface area contributed by atoms with Crippen LogP contribution in [-0.2, 0) is 9.53 Å². The van der Waals surface area contributed by atoms with Gasteiger partial charge in [-0.15, -0.1) is 0 Å². The largest absolute Gasteiger partial charge is 0.494 e. The quantitative estimate of drug-likeness (QED) is 0.626. The molecule has 4 nitrogen and oxygen atoms in total. The molecule has 0 saturated heterocycles. The Bertz CT molecular complexity index is 528. The second-order valence-corrected chi connectivity index (χ2v) is 7.22. The standard InChI is InChI=1S/C21H33NO3/c1-4-6-15-24-19-11-9-18(10-12-19)22-20(23)21(25-14-5-2)13-7-8-17(3)16-21/h9-12,17H,4-8,13-16H2,1-3H3,(H,22,23)/t17-,21+/m1/s1. The molecule has 0 spiro atoms. The van der Waals surface area contributed by atoms with Gasteiger partial charge in [-0.05, 0) is 62.3 Å². The van der Waals surface area contributed by atoms with Gasteiger partial charge in [-0.1, -0.05) is 33.6 Å². The number of anilines is 1. The lowest BCUT2D eigenvalue weighted by Gasteiger charge is -2.38. The Morgan fingerprint density at radius 3 is 2.60 bits per heavy atom. The Morgan fingerprint density at radius 1 is 1.20 bits per heavy atom. The Kier molecular flexibility index (Phi) is 7.76. The number of nitrogens with one attached hydrogen (secondary N) is 1. The maximum atomic E-state index is 13.0. The summed E-state index contributed by atoms with van der Waals surface area (Å²) >= 11 is 0. The molecular weight excluding hydrogens is 314 g/mol. The number of carbonyl (C=O) groups is 1. The van der Waals surface area contributed by atoms with Crippen LogP contribution in [0.1, 0.15) is 65.7 Å². The number of unbranched alkanes of at least 4 members (excludes halogenated alkanes) is 1. The van der Waals surface area contributed by atoms with Gasteiger partial charge < -0.3 is 14.8 Å². The first-order valence-corrected chi connectivity index (χ1v) is 9.78. The van der Waals surface area contributed by atoms with Crippen LogP contribution in [0.4, 0.5) is 5.69 Å². The number of hydrogen-bond acceptors (Lipinski definition) is 3. The van der Waals surface area contributed by atoms with E-state index in [1.807, 2.05) is 24.3 Å². The minimum Gasteiger partial charge on any atom is -0.494 e. The molecule has 1 aliphatic rings. The summed E-state index contributed by atoms with van der Waals surface area (Å²) in [7, 11) is 0. The second kappa shape index (κ2) is 9.81. The summed E-state index contributed by atoms with van der Waals surface area (Å²) in [4.78, 5) is 13.0. The van der Waals surface area contributed by atoms with Crippen molar-refractivity contribution < 1.29 is 14.3 Å². The molecule has 1 N–H and O–H groups in total. The van der Waals surface area contributed by atoms with Crippen LogP contribution in [0, 0.1) is 5.92 Å². The summed E-state index contributed by atoms with van der Waals surface area (Å²) in [6.45, 7) is 7.79. The van der Waals surface area contributed by atoms with Crippen LogP contribution < -0.4 is 10.1 Å². The van der Waals surface area contributed by atoms with E-state index in [1.165, 1.54) is 6.42 Å². The smallest absolute Gasteiger partial charge is 0.256 e. The number of amides is 1. The van der Waals surface area contributed by atoms with E-state index in [9.17, 15) is 4.79 Å². The van der Waals surface area contributed by atoms with Gasteiger partial charge in [-0.25, -0.2) is 0 Å². The fraction of sp³-hybridized carbons (Fsp3) is 0.667. The molecule has 0 unspecified atom stereocenters. The van der Waals surface area contributed by atoms with Crippen molar-refractivity contribution in [3.05, 3.63) is 24.3 Å². The Balaban J connectivity index is 1.99. The predicted molar refractivity (Wildman–Crippen MR) is 102 cm³/mol. The molecule has 2 atom stereocenters. The first-order chi connectivity index (χ1) is 12.1. The summed E-state index contributed by atoms with van der Waals surface area (Å²) in [5.41, 5.74) is 0.120. The van der Waals surface area contributed by atoms with Crippen LogP contribution in [0.2, 0.25) is 0 Å². The molecule has 4 heteroatoms. The fourth-order valence-electron chi connectivity index (χ4n) is 3.42. The Morgan fingerprint density at radius 2 is 1.96 bits per heavy atom. The molecule has 140 valence electrons. The van der Waals surface area contributed by atoms with Crippen molar-refractivity contribution in [3.63, 3.8) is 0 Å². The normalized spacial score (nSPS) is 23.2. The highest BCUT2D eigenvalue weighted by atomic mass is 16.5. The van der Waals surface area contributed by atoms with Crippen molar-refractivity contribution in [2.45, 2.75) is 71.3 Å². The summed E-state index contributed by atoms with van der Waals surface area (Å²) in [5, 5.41) is 3.06. The maximum Gasteiger partial charge on any atom is 0.256 e. The monoisotopic (exact) mass is 347 g/mol. The lowest BCUT2D eigenvalue weighted by Crippen LogP contribution is -2.48. The van der Waals surface area contributed by atoms with E-state index < -0.39 is 5.60 Å². The van der Waals surface area contributed by atoms with E-state index in [-0.39, 0.29) is 5.91 Å². The highest BCUT2D eigenvalue weighted by molar-refractivity contribution is 5.97. The molecule has 25 heavy (non-hydrogen) atoms. The molecule has 0 aromatic heterocycles. The number of rotatable bonds is 9. The molecule has 0 bridgehead atoms.